The standard InChI is InChI=1S/C27H34N2O9S/c1-28(2)26(31)24-17-21(19-5-7-20(8-6-19)27(32)36-4)18-25(38-24)37-16-14-29(13-15-30)39(33,34)23-11-9-22(35-3)10-12-23/h5-12,17,21,25,30H,13-16,18H2,1-4H3/t21-,25+/m0/s1. The molecule has 1 aliphatic heterocycles. The van der Waals surface area contributed by atoms with Crippen LogP contribution in [0.1, 0.15) is 28.3 Å². The number of likely N-dealkylation sites (N-methyl/N-ethyl adjacent to an activating group) is 1. The Morgan fingerprint density at radius 1 is 1.03 bits per heavy atom. The number of hydrogen-bond donors (Lipinski definition) is 1. The van der Waals surface area contributed by atoms with Crippen LogP contribution in [0.15, 0.2) is 65.3 Å². The monoisotopic (exact) mass is 562 g/mol. The van der Waals surface area contributed by atoms with Gasteiger partial charge in [0.05, 0.1) is 37.9 Å². The summed E-state index contributed by atoms with van der Waals surface area (Å²) in [6.45, 7) is -0.586. The second kappa shape index (κ2) is 13.6. The molecule has 0 saturated heterocycles. The first-order valence-corrected chi connectivity index (χ1v) is 13.7. The molecule has 0 unspecified atom stereocenters. The Balaban J connectivity index is 1.73. The average Bonchev–Trinajstić information content (AvgIpc) is 2.95. The minimum Gasteiger partial charge on any atom is -0.497 e. The van der Waals surface area contributed by atoms with Gasteiger partial charge in [-0.25, -0.2) is 13.2 Å². The lowest BCUT2D eigenvalue weighted by atomic mass is 9.92. The molecule has 0 radical (unpaired) electrons. The molecule has 12 heteroatoms. The second-order valence-electron chi connectivity index (χ2n) is 8.91. The number of esters is 1. The molecule has 0 fully saturated rings. The van der Waals surface area contributed by atoms with Gasteiger partial charge in [-0.05, 0) is 48.0 Å². The normalized spacial score (nSPS) is 17.2. The van der Waals surface area contributed by atoms with E-state index in [1.807, 2.05) is 0 Å². The summed E-state index contributed by atoms with van der Waals surface area (Å²) in [5, 5.41) is 9.49. The van der Waals surface area contributed by atoms with Crippen molar-refractivity contribution in [3.05, 3.63) is 71.5 Å². The fourth-order valence-electron chi connectivity index (χ4n) is 3.99. The summed E-state index contributed by atoms with van der Waals surface area (Å²) in [6.07, 6.45) is 1.23. The Kier molecular flexibility index (Phi) is 10.5. The number of allylic oxidation sites excluding steroid dienone is 1. The molecule has 0 spiro atoms. The number of aliphatic hydroxyl groups excluding tert-OH is 1. The molecule has 0 aromatic heterocycles. The molecule has 2 aromatic rings. The molecular weight excluding hydrogens is 528 g/mol. The predicted molar refractivity (Wildman–Crippen MR) is 142 cm³/mol. The van der Waals surface area contributed by atoms with Crippen LogP contribution >= 0.6 is 0 Å². The molecular formula is C27H34N2O9S. The first kappa shape index (κ1) is 30.1. The van der Waals surface area contributed by atoms with Crippen LogP contribution in [0.2, 0.25) is 0 Å². The van der Waals surface area contributed by atoms with E-state index < -0.39 is 22.3 Å². The summed E-state index contributed by atoms with van der Waals surface area (Å²) in [5.41, 5.74) is 1.24. The van der Waals surface area contributed by atoms with E-state index in [-0.39, 0.29) is 48.8 Å². The van der Waals surface area contributed by atoms with Crippen molar-refractivity contribution >= 4 is 21.9 Å². The number of nitrogens with zero attached hydrogens (tertiary/aromatic N) is 2. The van der Waals surface area contributed by atoms with Crippen molar-refractivity contribution in [1.82, 2.24) is 9.21 Å². The number of sulfonamides is 1. The molecule has 0 bridgehead atoms. The van der Waals surface area contributed by atoms with Crippen LogP contribution in [0.4, 0.5) is 0 Å². The van der Waals surface area contributed by atoms with Crippen LogP contribution in [0.25, 0.3) is 0 Å². The zero-order valence-electron chi connectivity index (χ0n) is 22.4. The van der Waals surface area contributed by atoms with Crippen molar-refractivity contribution in [3.63, 3.8) is 0 Å². The number of aliphatic hydroxyl groups is 1. The van der Waals surface area contributed by atoms with Crippen molar-refractivity contribution < 1.29 is 42.1 Å². The van der Waals surface area contributed by atoms with Crippen LogP contribution in [-0.2, 0) is 29.0 Å². The lowest BCUT2D eigenvalue weighted by molar-refractivity contribution is -0.151. The molecule has 0 saturated carbocycles. The summed E-state index contributed by atoms with van der Waals surface area (Å²) >= 11 is 0. The number of ether oxygens (including phenoxy) is 4. The van der Waals surface area contributed by atoms with E-state index in [0.717, 1.165) is 9.87 Å². The highest BCUT2D eigenvalue weighted by Crippen LogP contribution is 2.32. The van der Waals surface area contributed by atoms with Crippen LogP contribution < -0.4 is 4.74 Å². The van der Waals surface area contributed by atoms with Gasteiger partial charge in [-0.2, -0.15) is 4.31 Å². The van der Waals surface area contributed by atoms with Gasteiger partial charge < -0.3 is 29.0 Å². The zero-order valence-corrected chi connectivity index (χ0v) is 23.2. The number of carbonyl (C=O) groups is 2. The largest absolute Gasteiger partial charge is 0.497 e. The molecule has 1 aliphatic rings. The van der Waals surface area contributed by atoms with Crippen molar-refractivity contribution in [2.24, 2.45) is 0 Å². The smallest absolute Gasteiger partial charge is 0.337 e. The molecule has 212 valence electrons. The van der Waals surface area contributed by atoms with Gasteiger partial charge >= 0.3 is 5.97 Å². The van der Waals surface area contributed by atoms with Crippen LogP contribution in [0, 0.1) is 0 Å². The molecule has 3 rings (SSSR count). The molecule has 1 heterocycles. The maximum atomic E-state index is 13.1. The lowest BCUT2D eigenvalue weighted by Crippen LogP contribution is -2.38. The van der Waals surface area contributed by atoms with E-state index in [9.17, 15) is 23.1 Å². The number of rotatable bonds is 12. The van der Waals surface area contributed by atoms with E-state index in [2.05, 4.69) is 0 Å². The number of hydrogen-bond acceptors (Lipinski definition) is 9. The molecule has 1 N–H and O–H groups in total. The van der Waals surface area contributed by atoms with Crippen LogP contribution in [0.3, 0.4) is 0 Å². The quantitative estimate of drug-likeness (QED) is 0.386. The first-order chi connectivity index (χ1) is 18.6. The predicted octanol–water partition coefficient (Wildman–Crippen LogP) is 1.98. The Labute approximate surface area is 228 Å². The van der Waals surface area contributed by atoms with Crippen LogP contribution in [-0.4, -0.2) is 95.5 Å². The van der Waals surface area contributed by atoms with E-state index >= 15 is 0 Å². The molecule has 2 atom stereocenters. The molecule has 39 heavy (non-hydrogen) atoms. The SMILES string of the molecule is COC(=O)c1ccc([C@H]2C=C(C(=O)N(C)C)O[C@@H](OCCN(CCO)S(=O)(=O)c3ccc(OC)cc3)C2)cc1. The maximum absolute atomic E-state index is 13.1. The number of carbonyl (C=O) groups excluding carboxylic acids is 2. The van der Waals surface area contributed by atoms with Gasteiger partial charge in [-0.1, -0.05) is 12.1 Å². The van der Waals surface area contributed by atoms with E-state index in [1.54, 1.807) is 56.6 Å². The molecule has 1 amide bonds. The summed E-state index contributed by atoms with van der Waals surface area (Å²) < 4.78 is 49.0. The van der Waals surface area contributed by atoms with Gasteiger partial charge in [-0.15, -0.1) is 0 Å². The highest BCUT2D eigenvalue weighted by molar-refractivity contribution is 7.89. The summed E-state index contributed by atoms with van der Waals surface area (Å²) in [4.78, 5) is 25.9. The van der Waals surface area contributed by atoms with Crippen molar-refractivity contribution in [2.45, 2.75) is 23.5 Å². The van der Waals surface area contributed by atoms with Crippen molar-refractivity contribution in [2.75, 3.05) is 54.6 Å². The zero-order chi connectivity index (χ0) is 28.6. The second-order valence-corrected chi connectivity index (χ2v) is 10.8. The van der Waals surface area contributed by atoms with Gasteiger partial charge in [0.25, 0.3) is 5.91 Å². The molecule has 0 aliphatic carbocycles. The van der Waals surface area contributed by atoms with Gasteiger partial charge in [0, 0.05) is 39.5 Å². The third kappa shape index (κ3) is 7.57. The van der Waals surface area contributed by atoms with Gasteiger partial charge in [0.1, 0.15) is 5.75 Å². The number of methoxy groups -OCH3 is 2. The summed E-state index contributed by atoms with van der Waals surface area (Å²) in [6, 6.07) is 12.8. The minimum absolute atomic E-state index is 0.0442. The Bertz CT molecular complexity index is 1260. The highest BCUT2D eigenvalue weighted by atomic mass is 32.2. The summed E-state index contributed by atoms with van der Waals surface area (Å²) in [7, 11) is 2.10. The first-order valence-electron chi connectivity index (χ1n) is 12.3. The van der Waals surface area contributed by atoms with Crippen molar-refractivity contribution in [3.8, 4) is 5.75 Å². The highest BCUT2D eigenvalue weighted by Gasteiger charge is 2.30. The van der Waals surface area contributed by atoms with Crippen LogP contribution in [0.5, 0.6) is 5.75 Å². The molecule has 2 aromatic carbocycles. The average molecular weight is 563 g/mol. The Morgan fingerprint density at radius 3 is 2.26 bits per heavy atom. The topological polar surface area (TPSA) is 132 Å². The van der Waals surface area contributed by atoms with Gasteiger partial charge in [-0.3, -0.25) is 4.79 Å². The lowest BCUT2D eigenvalue weighted by Gasteiger charge is -2.31. The summed E-state index contributed by atoms with van der Waals surface area (Å²) in [5.74, 6) is -0.428. The van der Waals surface area contributed by atoms with E-state index in [1.165, 1.54) is 31.3 Å². The Morgan fingerprint density at radius 2 is 1.69 bits per heavy atom. The van der Waals surface area contributed by atoms with Gasteiger partial charge in [0.15, 0.2) is 5.76 Å². The number of benzene rings is 2. The van der Waals surface area contributed by atoms with E-state index in [4.69, 9.17) is 18.9 Å². The third-order valence-electron chi connectivity index (χ3n) is 6.13. The number of amides is 1. The van der Waals surface area contributed by atoms with Crippen molar-refractivity contribution in [1.29, 1.82) is 0 Å². The minimum atomic E-state index is -3.91. The Hall–Kier alpha value is -3.45. The maximum Gasteiger partial charge on any atom is 0.337 e. The van der Waals surface area contributed by atoms with E-state index in [0.29, 0.717) is 17.7 Å². The fourth-order valence-corrected chi connectivity index (χ4v) is 5.41. The molecule has 11 nitrogen and oxygen atoms in total. The third-order valence-corrected chi connectivity index (χ3v) is 8.04. The van der Waals surface area contributed by atoms with Gasteiger partial charge in [0.2, 0.25) is 16.3 Å². The fraction of sp³-hybridized carbons (Fsp3) is 0.407.